The average Bonchev–Trinajstić information content (AvgIpc) is 2.28. The first-order valence-corrected chi connectivity index (χ1v) is 7.21. The van der Waals surface area contributed by atoms with Crippen LogP contribution < -0.4 is 10.6 Å². The van der Waals surface area contributed by atoms with Gasteiger partial charge in [-0.15, -0.1) is 0 Å². The van der Waals surface area contributed by atoms with Crippen LogP contribution in [0.3, 0.4) is 0 Å². The van der Waals surface area contributed by atoms with Crippen LogP contribution in [0.1, 0.15) is 53.4 Å². The molecule has 0 aromatic carbocycles. The SMILES string of the molecule is CC(NC1CCC(NC(=O)OC(C)(C)C)CC1)C(F)F. The predicted octanol–water partition coefficient (Wildman–Crippen LogP) is 3.07. The van der Waals surface area contributed by atoms with Crippen molar-refractivity contribution in [2.75, 3.05) is 0 Å². The van der Waals surface area contributed by atoms with Crippen molar-refractivity contribution < 1.29 is 18.3 Å². The van der Waals surface area contributed by atoms with Gasteiger partial charge in [0.2, 0.25) is 0 Å². The highest BCUT2D eigenvalue weighted by Crippen LogP contribution is 2.20. The van der Waals surface area contributed by atoms with E-state index >= 15 is 0 Å². The van der Waals surface area contributed by atoms with Gasteiger partial charge in [0.1, 0.15) is 5.60 Å². The second-order valence-electron chi connectivity index (χ2n) is 6.48. The number of amides is 1. The normalized spacial score (nSPS) is 25.4. The van der Waals surface area contributed by atoms with Crippen LogP contribution in [0.15, 0.2) is 0 Å². The predicted molar refractivity (Wildman–Crippen MR) is 74.0 cm³/mol. The van der Waals surface area contributed by atoms with Crippen molar-refractivity contribution in [3.63, 3.8) is 0 Å². The number of rotatable bonds is 4. The Balaban J connectivity index is 2.27. The fourth-order valence-electron chi connectivity index (χ4n) is 2.32. The molecule has 0 aromatic heterocycles. The minimum absolute atomic E-state index is 0.0738. The van der Waals surface area contributed by atoms with Gasteiger partial charge in [0.15, 0.2) is 0 Å². The van der Waals surface area contributed by atoms with Gasteiger partial charge in [0, 0.05) is 12.1 Å². The molecule has 118 valence electrons. The number of alkyl halides is 2. The fourth-order valence-corrected chi connectivity index (χ4v) is 2.32. The molecule has 1 rings (SSSR count). The van der Waals surface area contributed by atoms with E-state index in [1.807, 2.05) is 20.8 Å². The number of hydrogen-bond acceptors (Lipinski definition) is 3. The number of alkyl carbamates (subject to hydrolysis) is 1. The monoisotopic (exact) mass is 292 g/mol. The summed E-state index contributed by atoms with van der Waals surface area (Å²) in [5, 5.41) is 5.77. The Morgan fingerprint density at radius 1 is 1.15 bits per heavy atom. The number of carbonyl (C=O) groups is 1. The van der Waals surface area contributed by atoms with E-state index in [9.17, 15) is 13.6 Å². The van der Waals surface area contributed by atoms with Crippen molar-refractivity contribution in [1.29, 1.82) is 0 Å². The van der Waals surface area contributed by atoms with E-state index in [1.165, 1.54) is 6.92 Å². The Morgan fingerprint density at radius 2 is 1.65 bits per heavy atom. The van der Waals surface area contributed by atoms with Crippen molar-refractivity contribution in [3.05, 3.63) is 0 Å². The maximum Gasteiger partial charge on any atom is 0.407 e. The number of hydrogen-bond donors (Lipinski definition) is 2. The van der Waals surface area contributed by atoms with E-state index in [2.05, 4.69) is 10.6 Å². The van der Waals surface area contributed by atoms with Gasteiger partial charge in [-0.3, -0.25) is 0 Å². The highest BCUT2D eigenvalue weighted by molar-refractivity contribution is 5.68. The van der Waals surface area contributed by atoms with Gasteiger partial charge in [0.25, 0.3) is 6.43 Å². The Bertz CT molecular complexity index is 311. The summed E-state index contributed by atoms with van der Waals surface area (Å²) >= 11 is 0. The molecule has 0 spiro atoms. The summed E-state index contributed by atoms with van der Waals surface area (Å²) in [6, 6.07) is -0.601. The molecular weight excluding hydrogens is 266 g/mol. The third-order valence-corrected chi connectivity index (χ3v) is 3.32. The van der Waals surface area contributed by atoms with Crippen LogP contribution in [0.25, 0.3) is 0 Å². The molecule has 1 fully saturated rings. The second kappa shape index (κ2) is 7.20. The summed E-state index contributed by atoms with van der Waals surface area (Å²) in [6.45, 7) is 6.95. The maximum atomic E-state index is 12.5. The molecule has 0 aromatic rings. The Morgan fingerprint density at radius 3 is 2.10 bits per heavy atom. The van der Waals surface area contributed by atoms with Gasteiger partial charge in [-0.1, -0.05) is 0 Å². The Hall–Kier alpha value is -0.910. The van der Waals surface area contributed by atoms with Crippen molar-refractivity contribution in [1.82, 2.24) is 10.6 Å². The highest BCUT2D eigenvalue weighted by atomic mass is 19.3. The lowest BCUT2D eigenvalue weighted by Crippen LogP contribution is -2.47. The fraction of sp³-hybridized carbons (Fsp3) is 0.929. The minimum atomic E-state index is -2.34. The van der Waals surface area contributed by atoms with Crippen LogP contribution in [0, 0.1) is 0 Å². The van der Waals surface area contributed by atoms with Gasteiger partial charge in [-0.25, -0.2) is 13.6 Å². The van der Waals surface area contributed by atoms with Crippen molar-refractivity contribution in [2.24, 2.45) is 0 Å². The van der Waals surface area contributed by atoms with Crippen molar-refractivity contribution in [2.45, 2.75) is 83.5 Å². The van der Waals surface area contributed by atoms with E-state index in [0.717, 1.165) is 25.7 Å². The zero-order valence-corrected chi connectivity index (χ0v) is 12.7. The molecule has 1 aliphatic carbocycles. The molecule has 1 saturated carbocycles. The summed E-state index contributed by atoms with van der Waals surface area (Å²) in [5.41, 5.74) is -0.504. The largest absolute Gasteiger partial charge is 0.444 e. The molecule has 0 heterocycles. The first kappa shape index (κ1) is 17.1. The first-order valence-electron chi connectivity index (χ1n) is 7.21. The topological polar surface area (TPSA) is 50.4 Å². The number of ether oxygens (including phenoxy) is 1. The molecule has 0 radical (unpaired) electrons. The van der Waals surface area contributed by atoms with Crippen LogP contribution in [-0.2, 0) is 4.74 Å². The van der Waals surface area contributed by atoms with Crippen LogP contribution in [0.5, 0.6) is 0 Å². The van der Waals surface area contributed by atoms with Gasteiger partial charge in [-0.05, 0) is 53.4 Å². The molecule has 1 atom stereocenters. The molecule has 0 saturated heterocycles. The summed E-state index contributed by atoms with van der Waals surface area (Å²) < 4.78 is 30.1. The van der Waals surface area contributed by atoms with Crippen LogP contribution in [-0.4, -0.2) is 36.2 Å². The van der Waals surface area contributed by atoms with Crippen LogP contribution in [0.4, 0.5) is 13.6 Å². The van der Waals surface area contributed by atoms with E-state index in [-0.39, 0.29) is 12.1 Å². The minimum Gasteiger partial charge on any atom is -0.444 e. The number of carbonyl (C=O) groups excluding carboxylic acids is 1. The lowest BCUT2D eigenvalue weighted by Gasteiger charge is -2.32. The summed E-state index contributed by atoms with van der Waals surface area (Å²) in [5.74, 6) is 0. The highest BCUT2D eigenvalue weighted by Gasteiger charge is 2.26. The third kappa shape index (κ3) is 6.50. The molecule has 0 bridgehead atoms. The molecule has 1 aliphatic rings. The molecule has 4 nitrogen and oxygen atoms in total. The molecule has 6 heteroatoms. The Labute approximate surface area is 119 Å². The average molecular weight is 292 g/mol. The van der Waals surface area contributed by atoms with Crippen molar-refractivity contribution in [3.8, 4) is 0 Å². The first-order chi connectivity index (χ1) is 9.17. The van der Waals surface area contributed by atoms with E-state index in [0.29, 0.717) is 0 Å². The lowest BCUT2D eigenvalue weighted by atomic mass is 9.91. The van der Waals surface area contributed by atoms with Crippen molar-refractivity contribution >= 4 is 6.09 Å². The van der Waals surface area contributed by atoms with E-state index < -0.39 is 24.2 Å². The van der Waals surface area contributed by atoms with Crippen LogP contribution >= 0.6 is 0 Å². The van der Waals surface area contributed by atoms with Gasteiger partial charge in [0.05, 0.1) is 6.04 Å². The number of nitrogens with one attached hydrogen (secondary N) is 2. The quantitative estimate of drug-likeness (QED) is 0.837. The van der Waals surface area contributed by atoms with E-state index in [4.69, 9.17) is 4.74 Å². The summed E-state index contributed by atoms with van der Waals surface area (Å²) in [4.78, 5) is 11.6. The number of halogens is 2. The van der Waals surface area contributed by atoms with Gasteiger partial charge in [-0.2, -0.15) is 0 Å². The Kier molecular flexibility index (Phi) is 6.17. The summed E-state index contributed by atoms with van der Waals surface area (Å²) in [6.07, 6.45) is 0.400. The van der Waals surface area contributed by atoms with Crippen LogP contribution in [0.2, 0.25) is 0 Å². The molecule has 20 heavy (non-hydrogen) atoms. The smallest absolute Gasteiger partial charge is 0.407 e. The maximum absolute atomic E-state index is 12.5. The molecule has 1 amide bonds. The molecular formula is C14H26F2N2O2. The molecule has 2 N–H and O–H groups in total. The second-order valence-corrected chi connectivity index (χ2v) is 6.48. The standard InChI is InChI=1S/C14H26F2N2O2/c1-9(12(15)16)17-10-5-7-11(8-6-10)18-13(19)20-14(2,3)4/h9-12,17H,5-8H2,1-4H3,(H,18,19). The van der Waals surface area contributed by atoms with Gasteiger partial charge < -0.3 is 15.4 Å². The zero-order chi connectivity index (χ0) is 15.3. The third-order valence-electron chi connectivity index (χ3n) is 3.32. The van der Waals surface area contributed by atoms with E-state index in [1.54, 1.807) is 0 Å². The molecule has 0 aliphatic heterocycles. The lowest BCUT2D eigenvalue weighted by molar-refractivity contribution is 0.0486. The summed E-state index contributed by atoms with van der Waals surface area (Å²) in [7, 11) is 0. The zero-order valence-electron chi connectivity index (χ0n) is 12.7. The van der Waals surface area contributed by atoms with Gasteiger partial charge >= 0.3 is 6.09 Å². The molecule has 1 unspecified atom stereocenters.